The molecule has 0 N–H and O–H groups in total. The molecule has 28 heavy (non-hydrogen) atoms. The lowest BCUT2D eigenvalue weighted by molar-refractivity contribution is -0.131. The van der Waals surface area contributed by atoms with Crippen LogP contribution in [-0.4, -0.2) is 58.1 Å². The van der Waals surface area contributed by atoms with Crippen molar-refractivity contribution >= 4 is 28.5 Å². The lowest BCUT2D eigenvalue weighted by atomic mass is 10.1. The van der Waals surface area contributed by atoms with E-state index in [-0.39, 0.29) is 12.5 Å². The number of likely N-dealkylation sites (N-methyl/N-ethyl adjacent to an activating group) is 1. The van der Waals surface area contributed by atoms with Crippen LogP contribution in [0, 0.1) is 0 Å². The summed E-state index contributed by atoms with van der Waals surface area (Å²) < 4.78 is 1.79. The van der Waals surface area contributed by atoms with E-state index in [4.69, 9.17) is 0 Å². The molecule has 1 aliphatic heterocycles. The predicted octanol–water partition coefficient (Wildman–Crippen LogP) is 3.10. The third-order valence-electron chi connectivity index (χ3n) is 5.54. The molecule has 0 aliphatic carbocycles. The van der Waals surface area contributed by atoms with Crippen LogP contribution in [-0.2, 0) is 16.1 Å². The third-order valence-corrected chi connectivity index (χ3v) is 5.54. The highest BCUT2D eigenvalue weighted by molar-refractivity contribution is 6.44. The van der Waals surface area contributed by atoms with E-state index < -0.39 is 11.7 Å². The Bertz CT molecular complexity index is 859. The molecule has 6 heteroatoms. The fourth-order valence-electron chi connectivity index (χ4n) is 3.91. The zero-order valence-corrected chi connectivity index (χ0v) is 16.8. The van der Waals surface area contributed by atoms with E-state index in [0.29, 0.717) is 31.7 Å². The number of benzene rings is 1. The van der Waals surface area contributed by atoms with Crippen LogP contribution in [0.3, 0.4) is 0 Å². The summed E-state index contributed by atoms with van der Waals surface area (Å²) in [6, 6.07) is 7.46. The van der Waals surface area contributed by atoms with E-state index in [2.05, 4.69) is 0 Å². The Morgan fingerprint density at radius 1 is 0.964 bits per heavy atom. The van der Waals surface area contributed by atoms with Gasteiger partial charge in [-0.25, -0.2) is 0 Å². The number of ketones is 1. The molecule has 6 nitrogen and oxygen atoms in total. The van der Waals surface area contributed by atoms with Gasteiger partial charge in [0.2, 0.25) is 5.91 Å². The number of rotatable bonds is 6. The molecule has 0 radical (unpaired) electrons. The van der Waals surface area contributed by atoms with E-state index in [1.54, 1.807) is 20.6 Å². The maximum atomic E-state index is 13.0. The summed E-state index contributed by atoms with van der Waals surface area (Å²) in [5.41, 5.74) is 1.19. The van der Waals surface area contributed by atoms with Gasteiger partial charge in [-0.3, -0.25) is 14.4 Å². The van der Waals surface area contributed by atoms with E-state index in [9.17, 15) is 14.4 Å². The number of carbonyl (C=O) groups excluding carboxylic acids is 3. The van der Waals surface area contributed by atoms with Crippen molar-refractivity contribution in [3.63, 3.8) is 0 Å². The number of hydrogen-bond donors (Lipinski definition) is 0. The van der Waals surface area contributed by atoms with Gasteiger partial charge in [-0.2, -0.15) is 0 Å². The first-order valence-electron chi connectivity index (χ1n) is 10.3. The van der Waals surface area contributed by atoms with Gasteiger partial charge >= 0.3 is 0 Å². The first-order chi connectivity index (χ1) is 13.6. The second-order valence-corrected chi connectivity index (χ2v) is 7.29. The Hall–Kier alpha value is -2.63. The molecule has 1 aliphatic rings. The summed E-state index contributed by atoms with van der Waals surface area (Å²) in [7, 11) is 0. The topological polar surface area (TPSA) is 62.6 Å². The van der Waals surface area contributed by atoms with Crippen LogP contribution in [0.15, 0.2) is 30.5 Å². The van der Waals surface area contributed by atoms with E-state index in [0.717, 1.165) is 36.6 Å². The van der Waals surface area contributed by atoms with Gasteiger partial charge in [-0.05, 0) is 32.8 Å². The molecular weight excluding hydrogens is 354 g/mol. The Morgan fingerprint density at radius 2 is 1.61 bits per heavy atom. The maximum absolute atomic E-state index is 13.0. The summed E-state index contributed by atoms with van der Waals surface area (Å²) in [4.78, 5) is 41.8. The molecule has 0 spiro atoms. The molecule has 0 saturated carbocycles. The number of para-hydroxylation sites is 1. The average molecular weight is 383 g/mol. The van der Waals surface area contributed by atoms with Crippen molar-refractivity contribution in [3.8, 4) is 0 Å². The van der Waals surface area contributed by atoms with Crippen molar-refractivity contribution in [2.24, 2.45) is 0 Å². The summed E-state index contributed by atoms with van der Waals surface area (Å²) in [5, 5.41) is 0.725. The highest BCUT2D eigenvalue weighted by atomic mass is 16.2. The van der Waals surface area contributed by atoms with Crippen LogP contribution < -0.4 is 0 Å². The number of fused-ring (bicyclic) bond motifs is 1. The van der Waals surface area contributed by atoms with Gasteiger partial charge in [0.25, 0.3) is 11.7 Å². The Labute approximate surface area is 166 Å². The molecule has 0 atom stereocenters. The van der Waals surface area contributed by atoms with Crippen molar-refractivity contribution in [1.82, 2.24) is 14.4 Å². The van der Waals surface area contributed by atoms with Gasteiger partial charge < -0.3 is 14.4 Å². The maximum Gasteiger partial charge on any atom is 0.295 e. The Morgan fingerprint density at radius 3 is 2.25 bits per heavy atom. The second kappa shape index (κ2) is 9.04. The summed E-state index contributed by atoms with van der Waals surface area (Å²) in [5.74, 6) is -0.907. The van der Waals surface area contributed by atoms with Crippen molar-refractivity contribution in [3.05, 3.63) is 36.0 Å². The number of aromatic nitrogens is 1. The van der Waals surface area contributed by atoms with E-state index in [1.165, 1.54) is 0 Å². The molecule has 2 amide bonds. The molecule has 1 fully saturated rings. The molecule has 2 heterocycles. The predicted molar refractivity (Wildman–Crippen MR) is 109 cm³/mol. The number of nitrogens with zero attached hydrogens (tertiary/aromatic N) is 3. The highest BCUT2D eigenvalue weighted by Gasteiger charge is 2.27. The Kier molecular flexibility index (Phi) is 6.49. The van der Waals surface area contributed by atoms with Gasteiger partial charge in [-0.1, -0.05) is 31.0 Å². The normalized spacial score (nSPS) is 14.7. The zero-order valence-electron chi connectivity index (χ0n) is 16.8. The van der Waals surface area contributed by atoms with Crippen molar-refractivity contribution in [1.29, 1.82) is 0 Å². The minimum atomic E-state index is -0.480. The minimum absolute atomic E-state index is 0.00333. The van der Waals surface area contributed by atoms with Gasteiger partial charge in [-0.15, -0.1) is 0 Å². The molecule has 2 aromatic rings. The van der Waals surface area contributed by atoms with Gasteiger partial charge in [0.1, 0.15) is 6.54 Å². The molecule has 1 aromatic heterocycles. The first kappa shape index (κ1) is 20.1. The van der Waals surface area contributed by atoms with Crippen LogP contribution >= 0.6 is 0 Å². The monoisotopic (exact) mass is 383 g/mol. The smallest absolute Gasteiger partial charge is 0.295 e. The van der Waals surface area contributed by atoms with Crippen molar-refractivity contribution < 1.29 is 14.4 Å². The van der Waals surface area contributed by atoms with Crippen LogP contribution in [0.25, 0.3) is 10.9 Å². The second-order valence-electron chi connectivity index (χ2n) is 7.29. The molecule has 3 rings (SSSR count). The summed E-state index contributed by atoms with van der Waals surface area (Å²) in [6.07, 6.45) is 5.76. The fraction of sp³-hybridized carbons (Fsp3) is 0.500. The average Bonchev–Trinajstić information content (AvgIpc) is 2.88. The van der Waals surface area contributed by atoms with E-state index >= 15 is 0 Å². The standard InChI is InChI=1S/C22H29N3O3/c1-3-23(4-2)20(26)16-25-15-18(17-11-7-8-12-19(17)25)21(27)22(28)24-13-9-5-6-10-14-24/h7-8,11-12,15H,3-6,9-10,13-14,16H2,1-2H3. The lowest BCUT2D eigenvalue weighted by Gasteiger charge is -2.19. The van der Waals surface area contributed by atoms with Crippen molar-refractivity contribution in [2.75, 3.05) is 26.2 Å². The largest absolute Gasteiger partial charge is 0.342 e. The molecule has 0 unspecified atom stereocenters. The fourth-order valence-corrected chi connectivity index (χ4v) is 3.91. The number of carbonyl (C=O) groups is 3. The molecule has 150 valence electrons. The van der Waals surface area contributed by atoms with Gasteiger partial charge in [0, 0.05) is 43.3 Å². The van der Waals surface area contributed by atoms with E-state index in [1.807, 2.05) is 38.1 Å². The minimum Gasteiger partial charge on any atom is -0.342 e. The van der Waals surface area contributed by atoms with Crippen molar-refractivity contribution in [2.45, 2.75) is 46.1 Å². The highest BCUT2D eigenvalue weighted by Crippen LogP contribution is 2.23. The SMILES string of the molecule is CCN(CC)C(=O)Cn1cc(C(=O)C(=O)N2CCCCCC2)c2ccccc21. The van der Waals surface area contributed by atoms with Crippen LogP contribution in [0.1, 0.15) is 49.9 Å². The third kappa shape index (κ3) is 4.11. The number of hydrogen-bond acceptors (Lipinski definition) is 3. The Balaban J connectivity index is 1.90. The molecule has 0 bridgehead atoms. The first-order valence-corrected chi connectivity index (χ1v) is 10.3. The lowest BCUT2D eigenvalue weighted by Crippen LogP contribution is -2.37. The summed E-state index contributed by atoms with van der Waals surface area (Å²) in [6.45, 7) is 6.64. The molecular formula is C22H29N3O3. The van der Waals surface area contributed by atoms with Crippen LogP contribution in [0.2, 0.25) is 0 Å². The quantitative estimate of drug-likeness (QED) is 0.569. The number of Topliss-reactive ketones (excluding diaryl/α,β-unsaturated/α-hetero) is 1. The number of likely N-dealkylation sites (tertiary alicyclic amines) is 1. The molecule has 1 aromatic carbocycles. The number of amides is 2. The molecule has 1 saturated heterocycles. The van der Waals surface area contributed by atoms with Gasteiger partial charge in [0.15, 0.2) is 0 Å². The van der Waals surface area contributed by atoms with Gasteiger partial charge in [0.05, 0.1) is 5.56 Å². The van der Waals surface area contributed by atoms with Crippen LogP contribution in [0.5, 0.6) is 0 Å². The zero-order chi connectivity index (χ0) is 20.1. The van der Waals surface area contributed by atoms with Crippen LogP contribution in [0.4, 0.5) is 0 Å². The summed E-state index contributed by atoms with van der Waals surface area (Å²) >= 11 is 0.